The van der Waals surface area contributed by atoms with E-state index in [1.54, 1.807) is 19.3 Å². The van der Waals surface area contributed by atoms with Crippen LogP contribution in [0.1, 0.15) is 17.5 Å². The quantitative estimate of drug-likeness (QED) is 0.740. The van der Waals surface area contributed by atoms with Crippen LogP contribution < -0.4 is 4.90 Å². The fourth-order valence-corrected chi connectivity index (χ4v) is 3.48. The summed E-state index contributed by atoms with van der Waals surface area (Å²) in [5, 5.41) is 11.4. The molecule has 0 atom stereocenters. The van der Waals surface area contributed by atoms with E-state index in [4.69, 9.17) is 0 Å². The van der Waals surface area contributed by atoms with E-state index in [1.165, 1.54) is 12.1 Å². The van der Waals surface area contributed by atoms with Crippen LogP contribution in [-0.2, 0) is 6.54 Å². The number of benzene rings is 1. The van der Waals surface area contributed by atoms with E-state index in [9.17, 15) is 8.78 Å². The first kappa shape index (κ1) is 14.3. The van der Waals surface area contributed by atoms with Crippen LogP contribution >= 0.6 is 0 Å². The Hall–Kier alpha value is -3.03. The summed E-state index contributed by atoms with van der Waals surface area (Å²) in [6.07, 6.45) is 4.11. The Morgan fingerprint density at radius 1 is 1.16 bits per heavy atom. The first-order valence-electron chi connectivity index (χ1n) is 8.06. The highest BCUT2D eigenvalue weighted by Gasteiger charge is 2.33. The van der Waals surface area contributed by atoms with Crippen LogP contribution in [0.15, 0.2) is 29.5 Å². The molecule has 1 N–H and O–H groups in total. The van der Waals surface area contributed by atoms with Gasteiger partial charge in [0.15, 0.2) is 0 Å². The van der Waals surface area contributed by atoms with Crippen molar-refractivity contribution in [1.82, 2.24) is 20.0 Å². The summed E-state index contributed by atoms with van der Waals surface area (Å²) < 4.78 is 31.2. The average molecular weight is 340 g/mol. The summed E-state index contributed by atoms with van der Waals surface area (Å²) in [6, 6.07) is 2.71. The number of hydrogen-bond donors (Lipinski definition) is 1. The third kappa shape index (κ3) is 1.90. The molecule has 2 aliphatic rings. The van der Waals surface area contributed by atoms with Gasteiger partial charge in [-0.15, -0.1) is 0 Å². The van der Waals surface area contributed by atoms with Gasteiger partial charge in [0.1, 0.15) is 29.0 Å². The van der Waals surface area contributed by atoms with Crippen molar-refractivity contribution in [2.45, 2.75) is 19.9 Å². The molecule has 5 rings (SSSR count). The predicted octanol–water partition coefficient (Wildman–Crippen LogP) is 3.16. The molecule has 126 valence electrons. The zero-order valence-corrected chi connectivity index (χ0v) is 13.4. The molecule has 8 heteroatoms. The van der Waals surface area contributed by atoms with Crippen LogP contribution in [-0.4, -0.2) is 32.4 Å². The molecule has 6 nitrogen and oxygen atoms in total. The third-order valence-corrected chi connectivity index (χ3v) is 4.70. The number of anilines is 1. The molecule has 3 aromatic rings. The number of halogens is 2. The van der Waals surface area contributed by atoms with E-state index in [1.807, 2.05) is 9.58 Å². The standard InChI is InChI=1S/C17H14F2N6/c1-9-3-4-11(18)13(14(9)19)16-22-12-8-20-23-15(12)10-7-21-25-6-2-5-24(16)17(10)25/h3-4,7-8H,2,5-6H2,1H3,(H,20,23). The first-order valence-corrected chi connectivity index (χ1v) is 8.06. The largest absolute Gasteiger partial charge is 0.310 e. The van der Waals surface area contributed by atoms with Gasteiger partial charge in [-0.3, -0.25) is 5.10 Å². The van der Waals surface area contributed by atoms with Crippen LogP contribution in [0.25, 0.3) is 11.3 Å². The van der Waals surface area contributed by atoms with E-state index in [2.05, 4.69) is 20.3 Å². The van der Waals surface area contributed by atoms with Gasteiger partial charge in [0.05, 0.1) is 29.2 Å². The Labute approximate surface area is 141 Å². The monoisotopic (exact) mass is 340 g/mol. The molecule has 1 aromatic carbocycles. The Bertz CT molecular complexity index is 1030. The second kappa shape index (κ2) is 4.98. The molecule has 0 aliphatic carbocycles. The maximum Gasteiger partial charge on any atom is 0.148 e. The van der Waals surface area contributed by atoms with Crippen molar-refractivity contribution in [1.29, 1.82) is 0 Å². The number of aromatic amines is 1. The Kier molecular flexibility index (Phi) is 2.85. The molecule has 25 heavy (non-hydrogen) atoms. The van der Waals surface area contributed by atoms with Gasteiger partial charge in [-0.2, -0.15) is 10.2 Å². The molecule has 2 aliphatic heterocycles. The van der Waals surface area contributed by atoms with Crippen molar-refractivity contribution in [2.75, 3.05) is 11.4 Å². The fourth-order valence-electron chi connectivity index (χ4n) is 3.48. The summed E-state index contributed by atoms with van der Waals surface area (Å²) in [6.45, 7) is 2.98. The fraction of sp³-hybridized carbons (Fsp3) is 0.235. The van der Waals surface area contributed by atoms with Crippen molar-refractivity contribution < 1.29 is 8.78 Å². The van der Waals surface area contributed by atoms with Crippen LogP contribution in [0.2, 0.25) is 0 Å². The minimum absolute atomic E-state index is 0.116. The second-order valence-electron chi connectivity index (χ2n) is 6.23. The van der Waals surface area contributed by atoms with Crippen molar-refractivity contribution in [2.24, 2.45) is 4.99 Å². The molecule has 0 amide bonds. The summed E-state index contributed by atoms with van der Waals surface area (Å²) in [7, 11) is 0. The SMILES string of the molecule is Cc1ccc(F)c(C2=Nc3cn[nH]c3-c3cnn4c3N2CCC4)c1F. The van der Waals surface area contributed by atoms with E-state index in [-0.39, 0.29) is 11.4 Å². The molecule has 4 heterocycles. The smallest absolute Gasteiger partial charge is 0.148 e. The molecule has 0 saturated heterocycles. The van der Waals surface area contributed by atoms with Crippen LogP contribution in [0.5, 0.6) is 0 Å². The topological polar surface area (TPSA) is 62.1 Å². The Morgan fingerprint density at radius 3 is 2.92 bits per heavy atom. The lowest BCUT2D eigenvalue weighted by molar-refractivity contribution is 0.542. The maximum absolute atomic E-state index is 14.8. The molecular weight excluding hydrogens is 326 g/mol. The number of nitrogens with one attached hydrogen (secondary N) is 1. The van der Waals surface area contributed by atoms with E-state index < -0.39 is 11.6 Å². The van der Waals surface area contributed by atoms with E-state index in [0.717, 1.165) is 24.3 Å². The molecule has 0 bridgehead atoms. The van der Waals surface area contributed by atoms with Crippen LogP contribution in [0, 0.1) is 18.6 Å². The van der Waals surface area contributed by atoms with Crippen molar-refractivity contribution in [3.05, 3.63) is 47.3 Å². The molecule has 2 aromatic heterocycles. The summed E-state index contributed by atoms with van der Waals surface area (Å²) in [5.74, 6) is -0.189. The minimum atomic E-state index is -0.632. The number of H-pyrrole nitrogens is 1. The lowest BCUT2D eigenvalue weighted by Crippen LogP contribution is -2.39. The van der Waals surface area contributed by atoms with Gasteiger partial charge in [-0.05, 0) is 25.0 Å². The highest BCUT2D eigenvalue weighted by atomic mass is 19.1. The molecule has 0 spiro atoms. The van der Waals surface area contributed by atoms with Crippen molar-refractivity contribution in [3.63, 3.8) is 0 Å². The maximum atomic E-state index is 14.8. The van der Waals surface area contributed by atoms with Gasteiger partial charge in [0.2, 0.25) is 0 Å². The number of aliphatic imine (C=N–C) groups is 1. The first-order chi connectivity index (χ1) is 12.1. The molecule has 0 radical (unpaired) electrons. The van der Waals surface area contributed by atoms with Gasteiger partial charge < -0.3 is 4.90 Å². The number of aryl methyl sites for hydroxylation is 2. The zero-order valence-electron chi connectivity index (χ0n) is 13.4. The number of rotatable bonds is 1. The van der Waals surface area contributed by atoms with E-state index in [0.29, 0.717) is 23.5 Å². The lowest BCUT2D eigenvalue weighted by atomic mass is 10.1. The highest BCUT2D eigenvalue weighted by Crippen LogP contribution is 2.41. The number of aromatic nitrogens is 4. The predicted molar refractivity (Wildman–Crippen MR) is 89.1 cm³/mol. The van der Waals surface area contributed by atoms with Crippen molar-refractivity contribution >= 4 is 17.3 Å². The average Bonchev–Trinajstić information content (AvgIpc) is 3.21. The number of amidine groups is 1. The lowest BCUT2D eigenvalue weighted by Gasteiger charge is -2.30. The third-order valence-electron chi connectivity index (χ3n) is 4.70. The number of nitrogens with zero attached hydrogens (tertiary/aromatic N) is 5. The summed E-state index contributed by atoms with van der Waals surface area (Å²) in [5.41, 5.74) is 2.34. The number of fused-ring (bicyclic) bond motifs is 2. The summed E-state index contributed by atoms with van der Waals surface area (Å²) >= 11 is 0. The molecule has 0 unspecified atom stereocenters. The van der Waals surface area contributed by atoms with Gasteiger partial charge in [-0.1, -0.05) is 6.07 Å². The normalized spacial score (nSPS) is 15.5. The Morgan fingerprint density at radius 2 is 2.04 bits per heavy atom. The van der Waals surface area contributed by atoms with Gasteiger partial charge in [0.25, 0.3) is 0 Å². The van der Waals surface area contributed by atoms with E-state index >= 15 is 0 Å². The van der Waals surface area contributed by atoms with Crippen molar-refractivity contribution in [3.8, 4) is 11.3 Å². The molecule has 0 fully saturated rings. The second-order valence-corrected chi connectivity index (χ2v) is 6.23. The molecule has 0 saturated carbocycles. The highest BCUT2D eigenvalue weighted by molar-refractivity contribution is 6.14. The van der Waals surface area contributed by atoms with Gasteiger partial charge in [-0.25, -0.2) is 18.5 Å². The summed E-state index contributed by atoms with van der Waals surface area (Å²) in [4.78, 5) is 6.42. The van der Waals surface area contributed by atoms with Crippen LogP contribution in [0.3, 0.4) is 0 Å². The Balaban J connectivity index is 1.85. The minimum Gasteiger partial charge on any atom is -0.310 e. The molecular formula is C17H14F2N6. The zero-order chi connectivity index (χ0) is 17.1. The number of hydrogen-bond acceptors (Lipinski definition) is 4. The van der Waals surface area contributed by atoms with Crippen LogP contribution in [0.4, 0.5) is 20.3 Å². The van der Waals surface area contributed by atoms with Gasteiger partial charge in [0, 0.05) is 13.1 Å². The van der Waals surface area contributed by atoms with Gasteiger partial charge >= 0.3 is 0 Å².